The number of carbonyl (C=O) groups is 1. The van der Waals surface area contributed by atoms with Gasteiger partial charge in [-0.3, -0.25) is 19.8 Å². The number of likely N-dealkylation sites (N-methyl/N-ethyl adjacent to an activating group) is 1. The van der Waals surface area contributed by atoms with Gasteiger partial charge in [0, 0.05) is 42.9 Å². The van der Waals surface area contributed by atoms with Crippen molar-refractivity contribution in [2.24, 2.45) is 0 Å². The molecule has 10 heteroatoms. The van der Waals surface area contributed by atoms with E-state index in [1.54, 1.807) is 11.0 Å². The molecule has 0 atom stereocenters. The SMILES string of the molecule is CCN(CC)CCN(C(=O)c1cccc([N+](=O)[O-])c1)c1nc2cc3c(cc2s1)OCCO3. The fraction of sp³-hybridized carbons (Fsp3) is 0.364. The Bertz CT molecular complexity index is 1100. The van der Waals surface area contributed by atoms with E-state index in [4.69, 9.17) is 14.5 Å². The van der Waals surface area contributed by atoms with Gasteiger partial charge in [-0.05, 0) is 19.2 Å². The van der Waals surface area contributed by atoms with Crippen LogP contribution in [0.5, 0.6) is 11.5 Å². The molecule has 9 nitrogen and oxygen atoms in total. The highest BCUT2D eigenvalue weighted by Gasteiger charge is 2.24. The van der Waals surface area contributed by atoms with E-state index in [1.807, 2.05) is 12.1 Å². The van der Waals surface area contributed by atoms with Crippen molar-refractivity contribution in [1.29, 1.82) is 0 Å². The first-order chi connectivity index (χ1) is 15.5. The Labute approximate surface area is 189 Å². The minimum atomic E-state index is -0.501. The molecule has 0 unspecified atom stereocenters. The summed E-state index contributed by atoms with van der Waals surface area (Å²) in [5.74, 6) is 0.983. The molecular weight excluding hydrogens is 432 g/mol. The molecule has 2 heterocycles. The van der Waals surface area contributed by atoms with Crippen LogP contribution in [0.15, 0.2) is 36.4 Å². The number of non-ortho nitro benzene ring substituents is 1. The van der Waals surface area contributed by atoms with Gasteiger partial charge < -0.3 is 14.4 Å². The average molecular weight is 457 g/mol. The molecule has 3 aromatic rings. The summed E-state index contributed by atoms with van der Waals surface area (Å²) in [4.78, 5) is 32.6. The molecule has 4 rings (SSSR count). The van der Waals surface area contributed by atoms with E-state index >= 15 is 0 Å². The van der Waals surface area contributed by atoms with Crippen molar-refractivity contribution < 1.29 is 19.2 Å². The summed E-state index contributed by atoms with van der Waals surface area (Å²) in [7, 11) is 0. The van der Waals surface area contributed by atoms with Crippen LogP contribution < -0.4 is 14.4 Å². The second kappa shape index (κ2) is 9.49. The van der Waals surface area contributed by atoms with Crippen LogP contribution in [0.1, 0.15) is 24.2 Å². The van der Waals surface area contributed by atoms with E-state index in [-0.39, 0.29) is 17.2 Å². The third-order valence-corrected chi connectivity index (χ3v) is 6.40. The molecule has 32 heavy (non-hydrogen) atoms. The van der Waals surface area contributed by atoms with Gasteiger partial charge in [0.25, 0.3) is 11.6 Å². The third-order valence-electron chi connectivity index (χ3n) is 5.36. The van der Waals surface area contributed by atoms with Crippen LogP contribution in [-0.4, -0.2) is 60.1 Å². The van der Waals surface area contributed by atoms with Crippen molar-refractivity contribution in [3.8, 4) is 11.5 Å². The molecule has 1 amide bonds. The second-order valence-electron chi connectivity index (χ2n) is 7.25. The molecule has 0 saturated heterocycles. The number of carbonyl (C=O) groups excluding carboxylic acids is 1. The predicted octanol–water partition coefficient (Wildman–Crippen LogP) is 3.96. The highest BCUT2D eigenvalue weighted by atomic mass is 32.1. The first-order valence-corrected chi connectivity index (χ1v) is 11.3. The van der Waals surface area contributed by atoms with Gasteiger partial charge in [0.2, 0.25) is 0 Å². The Hall–Kier alpha value is -3.24. The topological polar surface area (TPSA) is 98.0 Å². The van der Waals surface area contributed by atoms with Crippen LogP contribution in [0.2, 0.25) is 0 Å². The maximum Gasteiger partial charge on any atom is 0.270 e. The van der Waals surface area contributed by atoms with Crippen LogP contribution in [0.25, 0.3) is 10.2 Å². The molecule has 0 saturated carbocycles. The van der Waals surface area contributed by atoms with E-state index in [2.05, 4.69) is 18.7 Å². The summed E-state index contributed by atoms with van der Waals surface area (Å²) in [5, 5.41) is 11.7. The van der Waals surface area contributed by atoms with Crippen LogP contribution >= 0.6 is 11.3 Å². The Balaban J connectivity index is 1.71. The molecule has 0 spiro atoms. The van der Waals surface area contributed by atoms with Gasteiger partial charge in [-0.25, -0.2) is 4.98 Å². The van der Waals surface area contributed by atoms with Gasteiger partial charge in [-0.1, -0.05) is 31.3 Å². The minimum Gasteiger partial charge on any atom is -0.486 e. The van der Waals surface area contributed by atoms with Crippen LogP contribution in [0, 0.1) is 10.1 Å². The lowest BCUT2D eigenvalue weighted by Gasteiger charge is -2.24. The molecule has 0 fully saturated rings. The quantitative estimate of drug-likeness (QED) is 0.374. The lowest BCUT2D eigenvalue weighted by molar-refractivity contribution is -0.384. The molecule has 1 aliphatic rings. The number of amides is 1. The van der Waals surface area contributed by atoms with Crippen molar-refractivity contribution in [2.45, 2.75) is 13.8 Å². The van der Waals surface area contributed by atoms with Crippen molar-refractivity contribution in [1.82, 2.24) is 9.88 Å². The molecule has 0 N–H and O–H groups in total. The Morgan fingerprint density at radius 1 is 1.12 bits per heavy atom. The molecule has 1 aliphatic heterocycles. The maximum absolute atomic E-state index is 13.4. The number of fused-ring (bicyclic) bond motifs is 2. The smallest absolute Gasteiger partial charge is 0.270 e. The van der Waals surface area contributed by atoms with Crippen LogP contribution in [0.3, 0.4) is 0 Å². The molecule has 1 aromatic heterocycles. The number of thiazole rings is 1. The van der Waals surface area contributed by atoms with Crippen LogP contribution in [0.4, 0.5) is 10.8 Å². The van der Waals surface area contributed by atoms with E-state index < -0.39 is 4.92 Å². The first-order valence-electron chi connectivity index (χ1n) is 10.5. The number of nitrogens with zero attached hydrogens (tertiary/aromatic N) is 4. The number of hydrogen-bond acceptors (Lipinski definition) is 8. The van der Waals surface area contributed by atoms with Crippen molar-refractivity contribution >= 4 is 38.3 Å². The Morgan fingerprint density at radius 2 is 1.84 bits per heavy atom. The number of nitro benzene ring substituents is 1. The standard InChI is InChI=1S/C22H24N4O5S/c1-3-24(4-2)8-9-25(21(27)15-6-5-7-16(12-15)26(28)29)22-23-17-13-18-19(14-20(17)32-22)31-11-10-30-18/h5-7,12-14H,3-4,8-11H2,1-2H3. The summed E-state index contributed by atoms with van der Waals surface area (Å²) in [6, 6.07) is 9.50. The summed E-state index contributed by atoms with van der Waals surface area (Å²) in [5.41, 5.74) is 0.851. The largest absolute Gasteiger partial charge is 0.486 e. The Morgan fingerprint density at radius 3 is 2.53 bits per heavy atom. The molecular formula is C22H24N4O5S. The van der Waals surface area contributed by atoms with Gasteiger partial charge in [-0.2, -0.15) is 0 Å². The van der Waals surface area contributed by atoms with Crippen molar-refractivity contribution in [3.63, 3.8) is 0 Å². The van der Waals surface area contributed by atoms with E-state index in [1.165, 1.54) is 29.5 Å². The normalized spacial score (nSPS) is 12.8. The van der Waals surface area contributed by atoms with Crippen molar-refractivity contribution in [3.05, 3.63) is 52.1 Å². The maximum atomic E-state index is 13.4. The zero-order valence-corrected chi connectivity index (χ0v) is 18.8. The van der Waals surface area contributed by atoms with Crippen molar-refractivity contribution in [2.75, 3.05) is 44.3 Å². The molecule has 0 bridgehead atoms. The molecule has 0 aliphatic carbocycles. The number of nitro groups is 1. The zero-order chi connectivity index (χ0) is 22.7. The molecule has 2 aromatic carbocycles. The number of hydrogen-bond donors (Lipinski definition) is 0. The average Bonchev–Trinajstić information content (AvgIpc) is 3.22. The number of benzene rings is 2. The van der Waals surface area contributed by atoms with Crippen LogP contribution in [-0.2, 0) is 0 Å². The lowest BCUT2D eigenvalue weighted by Crippen LogP contribution is -2.38. The van der Waals surface area contributed by atoms with Gasteiger partial charge in [0.1, 0.15) is 13.2 Å². The predicted molar refractivity (Wildman–Crippen MR) is 123 cm³/mol. The van der Waals surface area contributed by atoms with E-state index in [0.717, 1.165) is 17.8 Å². The van der Waals surface area contributed by atoms with E-state index in [9.17, 15) is 14.9 Å². The minimum absolute atomic E-state index is 0.120. The number of rotatable bonds is 8. The highest BCUT2D eigenvalue weighted by molar-refractivity contribution is 7.22. The Kier molecular flexibility index (Phi) is 6.52. The van der Waals surface area contributed by atoms with Gasteiger partial charge >= 0.3 is 0 Å². The van der Waals surface area contributed by atoms with E-state index in [0.29, 0.717) is 48.5 Å². The summed E-state index contributed by atoms with van der Waals surface area (Å²) in [6.07, 6.45) is 0. The highest BCUT2D eigenvalue weighted by Crippen LogP contribution is 2.39. The fourth-order valence-corrected chi connectivity index (χ4v) is 4.54. The second-order valence-corrected chi connectivity index (χ2v) is 8.26. The molecule has 168 valence electrons. The number of ether oxygens (including phenoxy) is 2. The lowest BCUT2D eigenvalue weighted by atomic mass is 10.2. The fourth-order valence-electron chi connectivity index (χ4n) is 3.54. The summed E-state index contributed by atoms with van der Waals surface area (Å²) < 4.78 is 12.2. The monoisotopic (exact) mass is 456 g/mol. The van der Waals surface area contributed by atoms with Gasteiger partial charge in [0.15, 0.2) is 16.6 Å². The number of aromatic nitrogens is 1. The zero-order valence-electron chi connectivity index (χ0n) is 17.9. The summed E-state index contributed by atoms with van der Waals surface area (Å²) in [6.45, 7) is 7.90. The van der Waals surface area contributed by atoms with Gasteiger partial charge in [0.05, 0.1) is 15.1 Å². The summed E-state index contributed by atoms with van der Waals surface area (Å²) >= 11 is 1.38. The number of anilines is 1. The van der Waals surface area contributed by atoms with Gasteiger partial charge in [-0.15, -0.1) is 0 Å². The molecule has 0 radical (unpaired) electrons. The third kappa shape index (κ3) is 4.51. The first kappa shape index (κ1) is 22.0.